The summed E-state index contributed by atoms with van der Waals surface area (Å²) in [7, 11) is 1.66. The number of hydrogen-bond acceptors (Lipinski definition) is 4. The molecule has 0 saturated heterocycles. The fraction of sp³-hybridized carbons (Fsp3) is 0.667. The minimum absolute atomic E-state index is 0.363. The van der Waals surface area contributed by atoms with E-state index in [1.165, 1.54) is 21.3 Å². The third-order valence-corrected chi connectivity index (χ3v) is 3.15. The zero-order chi connectivity index (χ0) is 8.74. The Hall–Kier alpha value is -0.203. The van der Waals surface area contributed by atoms with Gasteiger partial charge in [-0.25, -0.2) is 0 Å². The Balaban J connectivity index is 3.93. The highest BCUT2D eigenvalue weighted by Crippen LogP contribution is 2.06. The van der Waals surface area contributed by atoms with Crippen LogP contribution < -0.4 is 0 Å². The van der Waals surface area contributed by atoms with Crippen LogP contribution in [0.25, 0.3) is 0 Å². The van der Waals surface area contributed by atoms with Gasteiger partial charge in [0.2, 0.25) is 0 Å². The van der Waals surface area contributed by atoms with Crippen LogP contribution in [0.15, 0.2) is 12.7 Å². The molecule has 0 radical (unpaired) electrons. The zero-order valence-electron chi connectivity index (χ0n) is 7.12. The smallest absolute Gasteiger partial charge is 0.355 e. The molecule has 5 heteroatoms. The zero-order valence-corrected chi connectivity index (χ0v) is 8.12. The summed E-state index contributed by atoms with van der Waals surface area (Å²) in [5.41, 5.74) is 0. The first-order chi connectivity index (χ1) is 5.24. The van der Waals surface area contributed by atoms with Gasteiger partial charge in [0, 0.05) is 21.3 Å². The molecule has 0 heterocycles. The standard InChI is InChI=1S/C6H14O4Si/c1-5-6-10-11(7-2,8-3)9-4/h5H,1,6H2,2-4H3. The molecule has 0 unspecified atom stereocenters. The lowest BCUT2D eigenvalue weighted by atomic mass is 10.7. The first-order valence-electron chi connectivity index (χ1n) is 3.15. The molecule has 0 aliphatic carbocycles. The molecular formula is C6H14O4Si. The topological polar surface area (TPSA) is 36.9 Å². The lowest BCUT2D eigenvalue weighted by Crippen LogP contribution is -2.46. The summed E-state index contributed by atoms with van der Waals surface area (Å²) in [6.07, 6.45) is 1.61. The fourth-order valence-corrected chi connectivity index (χ4v) is 1.76. The van der Waals surface area contributed by atoms with E-state index in [4.69, 9.17) is 17.7 Å². The van der Waals surface area contributed by atoms with Crippen LogP contribution >= 0.6 is 0 Å². The number of rotatable bonds is 6. The van der Waals surface area contributed by atoms with Crippen molar-refractivity contribution in [1.82, 2.24) is 0 Å². The maximum Gasteiger partial charge on any atom is 0.679 e. The van der Waals surface area contributed by atoms with E-state index in [1.807, 2.05) is 0 Å². The molecule has 0 saturated carbocycles. The Morgan fingerprint density at radius 3 is 1.91 bits per heavy atom. The van der Waals surface area contributed by atoms with Crippen LogP contribution in [0.3, 0.4) is 0 Å². The summed E-state index contributed by atoms with van der Waals surface area (Å²) in [5, 5.41) is 0. The quantitative estimate of drug-likeness (QED) is 0.440. The molecule has 4 nitrogen and oxygen atoms in total. The van der Waals surface area contributed by atoms with Crippen molar-refractivity contribution < 1.29 is 17.7 Å². The Bertz CT molecular complexity index is 105. The SMILES string of the molecule is C=CCO[Si](OC)(OC)OC. The van der Waals surface area contributed by atoms with Gasteiger partial charge in [-0.1, -0.05) is 6.08 Å². The Morgan fingerprint density at radius 1 is 1.18 bits per heavy atom. The van der Waals surface area contributed by atoms with Crippen LogP contribution in [0.1, 0.15) is 0 Å². The van der Waals surface area contributed by atoms with E-state index in [0.29, 0.717) is 6.61 Å². The summed E-state index contributed by atoms with van der Waals surface area (Å²) in [6.45, 7) is 3.86. The monoisotopic (exact) mass is 178 g/mol. The molecule has 0 spiro atoms. The van der Waals surface area contributed by atoms with Crippen LogP contribution in [0.5, 0.6) is 0 Å². The maximum atomic E-state index is 5.18. The van der Waals surface area contributed by atoms with E-state index in [1.54, 1.807) is 6.08 Å². The Labute approximate surface area is 68.2 Å². The summed E-state index contributed by atoms with van der Waals surface area (Å²) >= 11 is 0. The van der Waals surface area contributed by atoms with Crippen molar-refractivity contribution in [1.29, 1.82) is 0 Å². The summed E-state index contributed by atoms with van der Waals surface area (Å²) in [6, 6.07) is 0. The molecule has 0 atom stereocenters. The highest BCUT2D eigenvalue weighted by atomic mass is 28.4. The molecule has 66 valence electrons. The highest BCUT2D eigenvalue weighted by molar-refractivity contribution is 6.53. The maximum absolute atomic E-state index is 5.18. The minimum atomic E-state index is -2.81. The summed E-state index contributed by atoms with van der Waals surface area (Å²) in [5.74, 6) is 0. The number of hydrogen-bond donors (Lipinski definition) is 0. The van der Waals surface area contributed by atoms with Crippen LogP contribution in [-0.4, -0.2) is 37.0 Å². The van der Waals surface area contributed by atoms with Crippen molar-refractivity contribution in [2.75, 3.05) is 27.9 Å². The summed E-state index contributed by atoms with van der Waals surface area (Å²) < 4.78 is 20.1. The highest BCUT2D eigenvalue weighted by Gasteiger charge is 2.41. The Kier molecular flexibility index (Phi) is 5.35. The first-order valence-corrected chi connectivity index (χ1v) is 4.78. The van der Waals surface area contributed by atoms with Gasteiger partial charge in [-0.3, -0.25) is 0 Å². The normalized spacial score (nSPS) is 11.5. The second-order valence-electron chi connectivity index (χ2n) is 1.71. The molecular weight excluding hydrogens is 164 g/mol. The fourth-order valence-electron chi connectivity index (χ4n) is 0.588. The third kappa shape index (κ3) is 3.13. The Morgan fingerprint density at radius 2 is 1.64 bits per heavy atom. The average molecular weight is 178 g/mol. The van der Waals surface area contributed by atoms with Crippen LogP contribution in [-0.2, 0) is 17.7 Å². The molecule has 0 rings (SSSR count). The molecule has 0 aromatic rings. The molecule has 0 fully saturated rings. The van der Waals surface area contributed by atoms with Crippen molar-refractivity contribution >= 4 is 9.05 Å². The second kappa shape index (κ2) is 5.45. The lowest BCUT2D eigenvalue weighted by Gasteiger charge is -2.21. The molecule has 0 amide bonds. The van der Waals surface area contributed by atoms with E-state index in [2.05, 4.69) is 6.58 Å². The predicted octanol–water partition coefficient (Wildman–Crippen LogP) is 0.564. The van der Waals surface area contributed by atoms with E-state index in [9.17, 15) is 0 Å². The largest absolute Gasteiger partial charge is 0.679 e. The first kappa shape index (κ1) is 10.8. The van der Waals surface area contributed by atoms with Crippen molar-refractivity contribution in [2.45, 2.75) is 0 Å². The van der Waals surface area contributed by atoms with Gasteiger partial charge < -0.3 is 17.7 Å². The minimum Gasteiger partial charge on any atom is -0.355 e. The van der Waals surface area contributed by atoms with Gasteiger partial charge in [0.1, 0.15) is 0 Å². The van der Waals surface area contributed by atoms with Crippen molar-refractivity contribution in [3.8, 4) is 0 Å². The van der Waals surface area contributed by atoms with Crippen LogP contribution in [0.4, 0.5) is 0 Å². The van der Waals surface area contributed by atoms with Crippen molar-refractivity contribution in [2.24, 2.45) is 0 Å². The molecule has 0 aromatic heterocycles. The van der Waals surface area contributed by atoms with Crippen LogP contribution in [0.2, 0.25) is 0 Å². The molecule has 0 bridgehead atoms. The van der Waals surface area contributed by atoms with Crippen molar-refractivity contribution in [3.63, 3.8) is 0 Å². The van der Waals surface area contributed by atoms with E-state index in [0.717, 1.165) is 0 Å². The van der Waals surface area contributed by atoms with Gasteiger partial charge in [0.15, 0.2) is 0 Å². The van der Waals surface area contributed by atoms with Crippen molar-refractivity contribution in [3.05, 3.63) is 12.7 Å². The third-order valence-electron chi connectivity index (χ3n) is 1.13. The lowest BCUT2D eigenvalue weighted by molar-refractivity contribution is 0.0133. The molecule has 0 aliphatic heterocycles. The molecule has 0 aromatic carbocycles. The van der Waals surface area contributed by atoms with E-state index < -0.39 is 9.05 Å². The predicted molar refractivity (Wildman–Crippen MR) is 42.9 cm³/mol. The van der Waals surface area contributed by atoms with Gasteiger partial charge in [-0.2, -0.15) is 0 Å². The van der Waals surface area contributed by atoms with Gasteiger partial charge in [0.25, 0.3) is 0 Å². The van der Waals surface area contributed by atoms with E-state index >= 15 is 0 Å². The second-order valence-corrected chi connectivity index (χ2v) is 4.23. The van der Waals surface area contributed by atoms with Gasteiger partial charge in [-0.15, -0.1) is 6.58 Å². The van der Waals surface area contributed by atoms with E-state index in [-0.39, 0.29) is 0 Å². The molecule has 11 heavy (non-hydrogen) atoms. The van der Waals surface area contributed by atoms with Crippen LogP contribution in [0, 0.1) is 0 Å². The molecule has 0 aliphatic rings. The van der Waals surface area contributed by atoms with Gasteiger partial charge in [0.05, 0.1) is 6.61 Å². The van der Waals surface area contributed by atoms with Gasteiger partial charge in [-0.05, 0) is 0 Å². The summed E-state index contributed by atoms with van der Waals surface area (Å²) in [4.78, 5) is 0. The average Bonchev–Trinajstić information content (AvgIpc) is 2.08. The molecule has 0 N–H and O–H groups in total. The van der Waals surface area contributed by atoms with Gasteiger partial charge >= 0.3 is 9.05 Å².